The fourth-order valence-electron chi connectivity index (χ4n) is 3.86. The largest absolute Gasteiger partial charge is 0.444 e. The van der Waals surface area contributed by atoms with E-state index in [4.69, 9.17) is 4.74 Å². The van der Waals surface area contributed by atoms with E-state index in [0.717, 1.165) is 28.4 Å². The van der Waals surface area contributed by atoms with Crippen LogP contribution in [0.15, 0.2) is 17.1 Å². The minimum absolute atomic E-state index is 0.0684. The van der Waals surface area contributed by atoms with Crippen LogP contribution in [0.1, 0.15) is 88.7 Å². The number of carbonyl (C=O) groups excluding carboxylic acids is 3. The molecule has 10 nitrogen and oxygen atoms in total. The maximum Gasteiger partial charge on any atom is 0.407 e. The third kappa shape index (κ3) is 11.1. The maximum atomic E-state index is 13.2. The van der Waals surface area contributed by atoms with E-state index in [1.54, 1.807) is 35.0 Å². The predicted molar refractivity (Wildman–Crippen MR) is 156 cm³/mol. The van der Waals surface area contributed by atoms with Gasteiger partial charge in [-0.15, -0.1) is 22.7 Å². The molecule has 2 heterocycles. The molecule has 0 aromatic carbocycles. The van der Waals surface area contributed by atoms with Gasteiger partial charge in [0.15, 0.2) is 0 Å². The van der Waals surface area contributed by atoms with Crippen LogP contribution in [-0.4, -0.2) is 58.1 Å². The van der Waals surface area contributed by atoms with Gasteiger partial charge in [-0.05, 0) is 31.6 Å². The molecule has 3 unspecified atom stereocenters. The highest BCUT2D eigenvalue weighted by Crippen LogP contribution is 2.20. The zero-order chi connectivity index (χ0) is 28.9. The number of carbonyl (C=O) groups is 3. The average molecular weight is 581 g/mol. The lowest BCUT2D eigenvalue weighted by Crippen LogP contribution is -2.54. The number of hydrogen-bond acceptors (Lipinski definition) is 8. The molecule has 39 heavy (non-hydrogen) atoms. The van der Waals surface area contributed by atoms with E-state index in [0.29, 0.717) is 25.3 Å². The normalized spacial score (nSPS) is 13.6. The van der Waals surface area contributed by atoms with E-state index in [-0.39, 0.29) is 36.5 Å². The van der Waals surface area contributed by atoms with Gasteiger partial charge in [-0.1, -0.05) is 41.5 Å². The van der Waals surface area contributed by atoms with Gasteiger partial charge in [0, 0.05) is 36.6 Å². The van der Waals surface area contributed by atoms with Crippen LogP contribution in [-0.2, 0) is 22.7 Å². The van der Waals surface area contributed by atoms with Crippen molar-refractivity contribution >= 4 is 40.7 Å². The lowest BCUT2D eigenvalue weighted by atomic mass is 10.00. The number of aromatic nitrogens is 2. The van der Waals surface area contributed by atoms with Crippen LogP contribution in [0.2, 0.25) is 0 Å². The Bertz CT molecular complexity index is 1030. The second-order valence-corrected chi connectivity index (χ2v) is 12.2. The minimum atomic E-state index is -0.669. The number of thiazole rings is 2. The smallest absolute Gasteiger partial charge is 0.407 e. The molecule has 3 atom stereocenters. The van der Waals surface area contributed by atoms with Crippen molar-refractivity contribution in [3.8, 4) is 0 Å². The van der Waals surface area contributed by atoms with Crippen LogP contribution in [0.5, 0.6) is 0 Å². The zero-order valence-corrected chi connectivity index (χ0v) is 25.8. The molecule has 0 saturated carbocycles. The highest BCUT2D eigenvalue weighted by atomic mass is 32.1. The van der Waals surface area contributed by atoms with Crippen LogP contribution < -0.4 is 16.0 Å². The third-order valence-corrected chi connectivity index (χ3v) is 8.33. The van der Waals surface area contributed by atoms with E-state index >= 15 is 0 Å². The van der Waals surface area contributed by atoms with Crippen molar-refractivity contribution in [3.05, 3.63) is 32.7 Å². The Morgan fingerprint density at radius 2 is 1.67 bits per heavy atom. The number of nitrogens with one attached hydrogen (secondary N) is 3. The summed E-state index contributed by atoms with van der Waals surface area (Å²) in [6.07, 6.45) is 4.08. The summed E-state index contributed by atoms with van der Waals surface area (Å²) < 4.78 is 5.28. The Kier molecular flexibility index (Phi) is 13.7. The third-order valence-electron chi connectivity index (χ3n) is 6.38. The maximum absolute atomic E-state index is 13.2. The van der Waals surface area contributed by atoms with Gasteiger partial charge in [0.2, 0.25) is 5.91 Å². The van der Waals surface area contributed by atoms with Gasteiger partial charge in [0.25, 0.3) is 0 Å². The number of amides is 4. The topological polar surface area (TPSA) is 126 Å². The van der Waals surface area contributed by atoms with Crippen molar-refractivity contribution in [1.29, 1.82) is 0 Å². The van der Waals surface area contributed by atoms with E-state index in [1.807, 2.05) is 33.1 Å². The van der Waals surface area contributed by atoms with Gasteiger partial charge in [0.1, 0.15) is 12.6 Å². The van der Waals surface area contributed by atoms with Crippen LogP contribution in [0.25, 0.3) is 0 Å². The van der Waals surface area contributed by atoms with Gasteiger partial charge >= 0.3 is 12.1 Å². The first-order valence-corrected chi connectivity index (χ1v) is 15.4. The first-order valence-electron chi connectivity index (χ1n) is 13.6. The summed E-state index contributed by atoms with van der Waals surface area (Å²) in [5, 5.41) is 11.9. The molecule has 0 saturated heterocycles. The second kappa shape index (κ2) is 16.4. The Morgan fingerprint density at radius 3 is 2.21 bits per heavy atom. The lowest BCUT2D eigenvalue weighted by molar-refractivity contribution is -0.124. The Labute approximate surface area is 240 Å². The van der Waals surface area contributed by atoms with Gasteiger partial charge < -0.3 is 25.6 Å². The molecule has 2 aromatic heterocycles. The molecule has 0 bridgehead atoms. The summed E-state index contributed by atoms with van der Waals surface area (Å²) >= 11 is 3.03. The molecule has 4 amide bonds. The fraction of sp³-hybridized carbons (Fsp3) is 0.667. The van der Waals surface area contributed by atoms with Gasteiger partial charge in [-0.3, -0.25) is 9.78 Å². The average Bonchev–Trinajstić information content (AvgIpc) is 3.59. The van der Waals surface area contributed by atoms with E-state index in [1.165, 1.54) is 11.3 Å². The standard InChI is InChI=1S/C27H44N6O4S2/c1-8-19(10-11-20(9-2)31-27(36)37-14-22-12-28-16-39-22)29-24(34)23(17(3)4)32-26(35)33(7)13-21-15-38-25(30-21)18(5)6/h12,15-20,23H,8-11,13-14H2,1-7H3,(H,29,34)(H,31,36)(H,32,35). The van der Waals surface area contributed by atoms with Crippen molar-refractivity contribution in [2.75, 3.05) is 7.05 Å². The van der Waals surface area contributed by atoms with Crippen LogP contribution in [0.4, 0.5) is 9.59 Å². The Hall–Kier alpha value is -2.73. The molecule has 2 rings (SSSR count). The first kappa shape index (κ1) is 32.5. The molecule has 0 radical (unpaired) electrons. The molecule has 0 aliphatic heterocycles. The molecular formula is C27H44N6O4S2. The molecule has 2 aromatic rings. The molecule has 0 spiro atoms. The van der Waals surface area contributed by atoms with Crippen molar-refractivity contribution in [2.45, 2.75) is 104 Å². The summed E-state index contributed by atoms with van der Waals surface area (Å²) in [6, 6.07) is -1.14. The SMILES string of the molecule is CCC(CCC(CC)NC(=O)C(NC(=O)N(C)Cc1csc(C(C)C)n1)C(C)C)NC(=O)OCc1cncs1. The summed E-state index contributed by atoms with van der Waals surface area (Å²) in [7, 11) is 1.70. The van der Waals surface area contributed by atoms with E-state index in [9.17, 15) is 14.4 Å². The molecule has 0 aliphatic rings. The summed E-state index contributed by atoms with van der Waals surface area (Å²) in [5.74, 6) is 0.0409. The summed E-state index contributed by atoms with van der Waals surface area (Å²) in [6.45, 7) is 12.6. The molecule has 0 fully saturated rings. The highest BCUT2D eigenvalue weighted by Gasteiger charge is 2.27. The predicted octanol–water partition coefficient (Wildman–Crippen LogP) is 5.27. The Balaban J connectivity index is 1.85. The highest BCUT2D eigenvalue weighted by molar-refractivity contribution is 7.09. The van der Waals surface area contributed by atoms with E-state index in [2.05, 4.69) is 39.8 Å². The molecule has 3 N–H and O–H groups in total. The zero-order valence-electron chi connectivity index (χ0n) is 24.2. The molecule has 0 aliphatic carbocycles. The second-order valence-electron chi connectivity index (χ2n) is 10.3. The quantitative estimate of drug-likeness (QED) is 0.264. The summed E-state index contributed by atoms with van der Waals surface area (Å²) in [4.78, 5) is 49.3. The van der Waals surface area contributed by atoms with Crippen molar-refractivity contribution < 1.29 is 19.1 Å². The fourth-order valence-corrected chi connectivity index (χ4v) is 5.19. The van der Waals surface area contributed by atoms with Crippen LogP contribution in [0.3, 0.4) is 0 Å². The number of alkyl carbamates (subject to hydrolysis) is 1. The van der Waals surface area contributed by atoms with Crippen molar-refractivity contribution in [1.82, 2.24) is 30.8 Å². The number of hydrogen-bond donors (Lipinski definition) is 3. The number of ether oxygens (including phenoxy) is 1. The number of urea groups is 1. The lowest BCUT2D eigenvalue weighted by Gasteiger charge is -2.28. The Morgan fingerprint density at radius 1 is 1.00 bits per heavy atom. The number of nitrogens with zero attached hydrogens (tertiary/aromatic N) is 3. The monoisotopic (exact) mass is 580 g/mol. The summed E-state index contributed by atoms with van der Waals surface area (Å²) in [5.41, 5.74) is 2.53. The van der Waals surface area contributed by atoms with Crippen molar-refractivity contribution in [3.63, 3.8) is 0 Å². The molecule has 218 valence electrons. The first-order chi connectivity index (χ1) is 18.5. The van der Waals surface area contributed by atoms with Crippen LogP contribution in [0, 0.1) is 5.92 Å². The van der Waals surface area contributed by atoms with E-state index < -0.39 is 12.1 Å². The number of rotatable bonds is 15. The van der Waals surface area contributed by atoms with Crippen LogP contribution >= 0.6 is 22.7 Å². The van der Waals surface area contributed by atoms with Crippen molar-refractivity contribution in [2.24, 2.45) is 5.92 Å². The van der Waals surface area contributed by atoms with Gasteiger partial charge in [0.05, 0.1) is 27.6 Å². The van der Waals surface area contributed by atoms with Gasteiger partial charge in [-0.25, -0.2) is 14.6 Å². The van der Waals surface area contributed by atoms with Gasteiger partial charge in [-0.2, -0.15) is 0 Å². The molecule has 12 heteroatoms. The molecular weight excluding hydrogens is 536 g/mol. The minimum Gasteiger partial charge on any atom is -0.444 e.